The number of hydrogen-bond acceptors (Lipinski definition) is 4. The second-order valence-corrected chi connectivity index (χ2v) is 7.37. The number of benzene rings is 1. The molecular formula is C14H24ClN3O2S. The van der Waals surface area contributed by atoms with Crippen LogP contribution < -0.4 is 10.0 Å². The van der Waals surface area contributed by atoms with Crippen LogP contribution >= 0.6 is 11.6 Å². The van der Waals surface area contributed by atoms with E-state index in [-0.39, 0.29) is 4.90 Å². The van der Waals surface area contributed by atoms with Gasteiger partial charge in [-0.1, -0.05) is 11.6 Å². The lowest BCUT2D eigenvalue weighted by molar-refractivity contribution is 0.394. The van der Waals surface area contributed by atoms with Crippen molar-refractivity contribution in [3.05, 3.63) is 28.8 Å². The second-order valence-electron chi connectivity index (χ2n) is 5.19. The molecule has 0 heterocycles. The lowest BCUT2D eigenvalue weighted by Crippen LogP contribution is -2.25. The topological polar surface area (TPSA) is 61.4 Å². The first-order chi connectivity index (χ1) is 9.86. The molecule has 0 unspecified atom stereocenters. The minimum absolute atomic E-state index is 0.254. The Morgan fingerprint density at radius 3 is 2.57 bits per heavy atom. The molecular weight excluding hydrogens is 310 g/mol. The molecule has 21 heavy (non-hydrogen) atoms. The van der Waals surface area contributed by atoms with Gasteiger partial charge in [0, 0.05) is 18.1 Å². The Balaban J connectivity index is 2.63. The molecule has 0 aliphatic rings. The largest absolute Gasteiger partial charge is 0.316 e. The van der Waals surface area contributed by atoms with Crippen LogP contribution in [0.1, 0.15) is 18.4 Å². The fourth-order valence-corrected chi connectivity index (χ4v) is 3.20. The first kappa shape index (κ1) is 18.4. The van der Waals surface area contributed by atoms with Gasteiger partial charge in [-0.15, -0.1) is 0 Å². The van der Waals surface area contributed by atoms with Gasteiger partial charge >= 0.3 is 0 Å². The summed E-state index contributed by atoms with van der Waals surface area (Å²) in [7, 11) is 2.33. The van der Waals surface area contributed by atoms with Gasteiger partial charge in [-0.25, -0.2) is 13.1 Å². The van der Waals surface area contributed by atoms with Crippen LogP contribution in [0.4, 0.5) is 0 Å². The minimum atomic E-state index is -3.47. The summed E-state index contributed by atoms with van der Waals surface area (Å²) in [6, 6.07) is 4.76. The average Bonchev–Trinajstić information content (AvgIpc) is 2.40. The van der Waals surface area contributed by atoms with Crippen molar-refractivity contribution in [2.75, 3.05) is 34.2 Å². The Bertz CT molecular complexity index is 547. The van der Waals surface area contributed by atoms with Crippen LogP contribution in [0.25, 0.3) is 0 Å². The second kappa shape index (κ2) is 8.70. The monoisotopic (exact) mass is 333 g/mol. The standard InChI is InChI=1S/C14H24ClN3O2S/c1-16-11-12-10-13(6-7-14(12)15)21(19,20)17-8-4-5-9-18(2)3/h6-7,10,16-17H,4-5,8-9,11H2,1-3H3. The summed E-state index contributed by atoms with van der Waals surface area (Å²) >= 11 is 6.04. The first-order valence-electron chi connectivity index (χ1n) is 6.94. The lowest BCUT2D eigenvalue weighted by atomic mass is 10.2. The van der Waals surface area contributed by atoms with E-state index in [1.54, 1.807) is 19.2 Å². The van der Waals surface area contributed by atoms with Crippen LogP contribution in [0.2, 0.25) is 5.02 Å². The van der Waals surface area contributed by atoms with Gasteiger partial charge in [0.2, 0.25) is 10.0 Å². The highest BCUT2D eigenvalue weighted by molar-refractivity contribution is 7.89. The van der Waals surface area contributed by atoms with Gasteiger partial charge in [0.15, 0.2) is 0 Å². The molecule has 0 atom stereocenters. The van der Waals surface area contributed by atoms with Gasteiger partial charge in [-0.2, -0.15) is 0 Å². The fourth-order valence-electron chi connectivity index (χ4n) is 1.89. The number of halogens is 1. The molecule has 0 fully saturated rings. The molecule has 0 bridgehead atoms. The van der Waals surface area contributed by atoms with Crippen LogP contribution in [0, 0.1) is 0 Å². The molecule has 7 heteroatoms. The van der Waals surface area contributed by atoms with Crippen LogP contribution in [0.3, 0.4) is 0 Å². The molecule has 0 radical (unpaired) electrons. The van der Waals surface area contributed by atoms with Gasteiger partial charge in [-0.3, -0.25) is 0 Å². The van der Waals surface area contributed by atoms with Crippen molar-refractivity contribution in [2.24, 2.45) is 0 Å². The Hall–Kier alpha value is -0.660. The zero-order valence-corrected chi connectivity index (χ0v) is 14.4. The van der Waals surface area contributed by atoms with Crippen LogP contribution in [-0.4, -0.2) is 47.6 Å². The highest BCUT2D eigenvalue weighted by Crippen LogP contribution is 2.20. The summed E-state index contributed by atoms with van der Waals surface area (Å²) in [6.07, 6.45) is 1.77. The fraction of sp³-hybridized carbons (Fsp3) is 0.571. The molecule has 2 N–H and O–H groups in total. The zero-order chi connectivity index (χ0) is 15.9. The van der Waals surface area contributed by atoms with Crippen molar-refractivity contribution in [1.82, 2.24) is 14.9 Å². The van der Waals surface area contributed by atoms with Gasteiger partial charge in [-0.05, 0) is 64.3 Å². The van der Waals surface area contributed by atoms with E-state index in [2.05, 4.69) is 14.9 Å². The molecule has 1 rings (SSSR count). The van der Waals surface area contributed by atoms with Crippen molar-refractivity contribution in [2.45, 2.75) is 24.3 Å². The van der Waals surface area contributed by atoms with Gasteiger partial charge in [0.05, 0.1) is 4.90 Å². The SMILES string of the molecule is CNCc1cc(S(=O)(=O)NCCCCN(C)C)ccc1Cl. The Morgan fingerprint density at radius 1 is 1.24 bits per heavy atom. The quantitative estimate of drug-likeness (QED) is 0.675. The Morgan fingerprint density at radius 2 is 1.95 bits per heavy atom. The lowest BCUT2D eigenvalue weighted by Gasteiger charge is -2.11. The maximum atomic E-state index is 12.2. The normalized spacial score (nSPS) is 12.0. The molecule has 5 nitrogen and oxygen atoms in total. The van der Waals surface area contributed by atoms with E-state index >= 15 is 0 Å². The van der Waals surface area contributed by atoms with Crippen LogP contribution in [0.5, 0.6) is 0 Å². The molecule has 1 aromatic rings. The average molecular weight is 334 g/mol. The molecule has 0 aliphatic heterocycles. The van der Waals surface area contributed by atoms with E-state index < -0.39 is 10.0 Å². The predicted molar refractivity (Wildman–Crippen MR) is 87.2 cm³/mol. The molecule has 0 spiro atoms. The van der Waals surface area contributed by atoms with Crippen molar-refractivity contribution in [1.29, 1.82) is 0 Å². The van der Waals surface area contributed by atoms with Crippen molar-refractivity contribution >= 4 is 21.6 Å². The maximum absolute atomic E-state index is 12.2. The van der Waals surface area contributed by atoms with Crippen LogP contribution in [0.15, 0.2) is 23.1 Å². The van der Waals surface area contributed by atoms with E-state index in [1.165, 1.54) is 6.07 Å². The summed E-state index contributed by atoms with van der Waals surface area (Å²) < 4.78 is 27.1. The summed E-state index contributed by atoms with van der Waals surface area (Å²) in [5, 5.41) is 3.53. The van der Waals surface area contributed by atoms with E-state index in [0.717, 1.165) is 24.9 Å². The minimum Gasteiger partial charge on any atom is -0.316 e. The Labute approximate surface area is 132 Å². The zero-order valence-electron chi connectivity index (χ0n) is 12.8. The van der Waals surface area contributed by atoms with E-state index in [1.807, 2.05) is 14.1 Å². The third kappa shape index (κ3) is 6.32. The number of hydrogen-bond donors (Lipinski definition) is 2. The van der Waals surface area contributed by atoms with Crippen molar-refractivity contribution in [3.63, 3.8) is 0 Å². The van der Waals surface area contributed by atoms with E-state index in [9.17, 15) is 8.42 Å². The molecule has 0 aliphatic carbocycles. The highest BCUT2D eigenvalue weighted by atomic mass is 35.5. The molecule has 0 saturated heterocycles. The Kier molecular flexibility index (Phi) is 7.62. The van der Waals surface area contributed by atoms with Gasteiger partial charge in [0.25, 0.3) is 0 Å². The number of nitrogens with zero attached hydrogens (tertiary/aromatic N) is 1. The number of unbranched alkanes of at least 4 members (excludes halogenated alkanes) is 1. The third-order valence-corrected chi connectivity index (χ3v) is 4.85. The number of nitrogens with one attached hydrogen (secondary N) is 2. The molecule has 1 aromatic carbocycles. The molecule has 0 aromatic heterocycles. The third-order valence-electron chi connectivity index (χ3n) is 3.02. The summed E-state index contributed by atoms with van der Waals surface area (Å²) in [5.41, 5.74) is 0.773. The van der Waals surface area contributed by atoms with E-state index in [4.69, 9.17) is 11.6 Å². The highest BCUT2D eigenvalue weighted by Gasteiger charge is 2.15. The molecule has 0 saturated carbocycles. The molecule has 0 amide bonds. The number of rotatable bonds is 9. The van der Waals surface area contributed by atoms with Gasteiger partial charge in [0.1, 0.15) is 0 Å². The maximum Gasteiger partial charge on any atom is 0.240 e. The number of sulfonamides is 1. The summed E-state index contributed by atoms with van der Waals surface area (Å²) in [5.74, 6) is 0. The van der Waals surface area contributed by atoms with Crippen LogP contribution in [-0.2, 0) is 16.6 Å². The predicted octanol–water partition coefficient (Wildman–Crippen LogP) is 1.68. The smallest absolute Gasteiger partial charge is 0.240 e. The van der Waals surface area contributed by atoms with Crippen molar-refractivity contribution in [3.8, 4) is 0 Å². The summed E-state index contributed by atoms with van der Waals surface area (Å²) in [4.78, 5) is 2.34. The molecule has 120 valence electrons. The van der Waals surface area contributed by atoms with E-state index in [0.29, 0.717) is 18.1 Å². The summed E-state index contributed by atoms with van der Waals surface area (Å²) in [6.45, 7) is 1.93. The first-order valence-corrected chi connectivity index (χ1v) is 8.80. The van der Waals surface area contributed by atoms with Crippen molar-refractivity contribution < 1.29 is 8.42 Å². The van der Waals surface area contributed by atoms with Gasteiger partial charge < -0.3 is 10.2 Å².